The fourth-order valence-electron chi connectivity index (χ4n) is 2.58. The number of hydrogen-bond acceptors (Lipinski definition) is 8. The Bertz CT molecular complexity index is 1200. The first-order valence-electron chi connectivity index (χ1n) is 7.80. The molecular formula is C19H12N4O4S. The second-order valence-electron chi connectivity index (χ2n) is 5.45. The molecule has 0 atom stereocenters. The zero-order valence-corrected chi connectivity index (χ0v) is 15.3. The highest BCUT2D eigenvalue weighted by molar-refractivity contribution is 7.12. The molecule has 0 radical (unpaired) electrons. The number of hydrogen-bond donors (Lipinski definition) is 2. The van der Waals surface area contributed by atoms with Crippen LogP contribution in [0.5, 0.6) is 11.5 Å². The summed E-state index contributed by atoms with van der Waals surface area (Å²) in [4.78, 5) is 26.9. The minimum Gasteiger partial charge on any atom is -0.493 e. The SMILES string of the molecule is COc1cc(-c2c(C#N)c(N)[nH]c(=O)c2C#N)ccc1OC(=O)c1cccs1. The number of thiophene rings is 1. The maximum Gasteiger partial charge on any atom is 0.353 e. The molecule has 3 N–H and O–H groups in total. The normalized spacial score (nSPS) is 9.96. The number of benzene rings is 1. The summed E-state index contributed by atoms with van der Waals surface area (Å²) in [6.45, 7) is 0. The molecule has 0 saturated heterocycles. The molecule has 138 valence electrons. The standard InChI is InChI=1S/C19H12N4O4S/c1-26-14-7-10(4-5-13(14)27-19(25)15-3-2-6-28-15)16-11(8-20)17(22)23-18(24)12(16)9-21/h2-7H,1H3,(H3,22,23,24). The predicted octanol–water partition coefficient (Wildman–Crippen LogP) is 2.66. The van der Waals surface area contributed by atoms with Crippen molar-refractivity contribution in [3.8, 4) is 34.8 Å². The number of nitrogens with two attached hydrogens (primary N) is 1. The van der Waals surface area contributed by atoms with Crippen LogP contribution in [0.15, 0.2) is 40.5 Å². The van der Waals surface area contributed by atoms with Gasteiger partial charge in [-0.2, -0.15) is 10.5 Å². The molecule has 0 spiro atoms. The van der Waals surface area contributed by atoms with E-state index < -0.39 is 11.5 Å². The van der Waals surface area contributed by atoms with E-state index in [1.54, 1.807) is 23.6 Å². The molecule has 0 fully saturated rings. The zero-order chi connectivity index (χ0) is 20.3. The molecule has 2 heterocycles. The summed E-state index contributed by atoms with van der Waals surface area (Å²) in [6, 6.07) is 11.5. The molecule has 0 unspecified atom stereocenters. The lowest BCUT2D eigenvalue weighted by atomic mass is 9.96. The van der Waals surface area contributed by atoms with Crippen LogP contribution in [0.2, 0.25) is 0 Å². The lowest BCUT2D eigenvalue weighted by Crippen LogP contribution is -2.16. The second kappa shape index (κ2) is 7.66. The number of anilines is 1. The molecular weight excluding hydrogens is 380 g/mol. The van der Waals surface area contributed by atoms with Crippen molar-refractivity contribution in [2.45, 2.75) is 0 Å². The monoisotopic (exact) mass is 392 g/mol. The van der Waals surface area contributed by atoms with Crippen molar-refractivity contribution >= 4 is 23.1 Å². The molecule has 0 amide bonds. The number of carbonyl (C=O) groups is 1. The van der Waals surface area contributed by atoms with Gasteiger partial charge in [0.05, 0.1) is 7.11 Å². The Kier molecular flexibility index (Phi) is 5.12. The number of nitrogens with one attached hydrogen (secondary N) is 1. The first-order valence-corrected chi connectivity index (χ1v) is 8.68. The molecule has 1 aromatic carbocycles. The Labute approximate surface area is 163 Å². The minimum atomic E-state index is -0.707. The molecule has 2 aromatic heterocycles. The lowest BCUT2D eigenvalue weighted by molar-refractivity contribution is 0.0735. The number of methoxy groups -OCH3 is 1. The average Bonchev–Trinajstić information content (AvgIpc) is 3.23. The number of nitrogens with zero attached hydrogens (tertiary/aromatic N) is 2. The zero-order valence-electron chi connectivity index (χ0n) is 14.5. The van der Waals surface area contributed by atoms with Crippen LogP contribution in [0.1, 0.15) is 20.8 Å². The van der Waals surface area contributed by atoms with E-state index in [0.29, 0.717) is 10.4 Å². The van der Waals surface area contributed by atoms with Crippen LogP contribution in [-0.4, -0.2) is 18.1 Å². The van der Waals surface area contributed by atoms with Crippen molar-refractivity contribution in [2.24, 2.45) is 0 Å². The van der Waals surface area contributed by atoms with E-state index in [2.05, 4.69) is 4.98 Å². The fourth-order valence-corrected chi connectivity index (χ4v) is 3.18. The van der Waals surface area contributed by atoms with Crippen molar-refractivity contribution in [1.82, 2.24) is 4.98 Å². The van der Waals surface area contributed by atoms with Crippen molar-refractivity contribution in [3.63, 3.8) is 0 Å². The van der Waals surface area contributed by atoms with E-state index in [0.717, 1.165) is 0 Å². The molecule has 9 heteroatoms. The number of rotatable bonds is 4. The number of pyridine rings is 1. The van der Waals surface area contributed by atoms with Gasteiger partial charge in [-0.1, -0.05) is 12.1 Å². The van der Waals surface area contributed by atoms with Crippen molar-refractivity contribution in [1.29, 1.82) is 10.5 Å². The van der Waals surface area contributed by atoms with Gasteiger partial charge in [-0.25, -0.2) is 4.79 Å². The highest BCUT2D eigenvalue weighted by Gasteiger charge is 2.20. The van der Waals surface area contributed by atoms with Crippen LogP contribution >= 0.6 is 11.3 Å². The predicted molar refractivity (Wildman–Crippen MR) is 102 cm³/mol. The van der Waals surface area contributed by atoms with E-state index in [9.17, 15) is 20.1 Å². The van der Waals surface area contributed by atoms with E-state index in [1.807, 2.05) is 6.07 Å². The number of aromatic nitrogens is 1. The molecule has 3 rings (SSSR count). The van der Waals surface area contributed by atoms with E-state index in [1.165, 1.54) is 36.6 Å². The number of carbonyl (C=O) groups excluding carboxylic acids is 1. The summed E-state index contributed by atoms with van der Waals surface area (Å²) in [5.74, 6) is -0.348. The van der Waals surface area contributed by atoms with E-state index >= 15 is 0 Å². The number of aromatic amines is 1. The first kappa shape index (κ1) is 18.7. The van der Waals surface area contributed by atoms with Crippen LogP contribution in [0.25, 0.3) is 11.1 Å². The topological polar surface area (TPSA) is 142 Å². The van der Waals surface area contributed by atoms with Gasteiger partial charge >= 0.3 is 5.97 Å². The Morgan fingerprint density at radius 1 is 1.18 bits per heavy atom. The molecule has 0 aliphatic heterocycles. The molecule has 28 heavy (non-hydrogen) atoms. The quantitative estimate of drug-likeness (QED) is 0.513. The highest BCUT2D eigenvalue weighted by Crippen LogP contribution is 2.36. The van der Waals surface area contributed by atoms with Gasteiger partial charge in [-0.05, 0) is 29.1 Å². The van der Waals surface area contributed by atoms with Crippen molar-refractivity contribution in [2.75, 3.05) is 12.8 Å². The highest BCUT2D eigenvalue weighted by atomic mass is 32.1. The van der Waals surface area contributed by atoms with Gasteiger partial charge in [0.1, 0.15) is 34.0 Å². The maximum atomic E-state index is 12.2. The second-order valence-corrected chi connectivity index (χ2v) is 6.40. The molecule has 0 saturated carbocycles. The van der Waals surface area contributed by atoms with Gasteiger partial charge in [-0.15, -0.1) is 11.3 Å². The number of ether oxygens (including phenoxy) is 2. The Morgan fingerprint density at radius 3 is 2.54 bits per heavy atom. The van der Waals surface area contributed by atoms with Gasteiger partial charge in [0.25, 0.3) is 5.56 Å². The van der Waals surface area contributed by atoms with Crippen LogP contribution in [0.4, 0.5) is 5.82 Å². The summed E-state index contributed by atoms with van der Waals surface area (Å²) in [5, 5.41) is 20.5. The molecule has 8 nitrogen and oxygen atoms in total. The Hall–Kier alpha value is -4.08. The Balaban J connectivity index is 2.11. The van der Waals surface area contributed by atoms with Crippen molar-refractivity contribution in [3.05, 3.63) is 62.1 Å². The van der Waals surface area contributed by atoms with Gasteiger partial charge < -0.3 is 20.2 Å². The smallest absolute Gasteiger partial charge is 0.353 e. The summed E-state index contributed by atoms with van der Waals surface area (Å²) >= 11 is 1.24. The van der Waals surface area contributed by atoms with Crippen molar-refractivity contribution < 1.29 is 14.3 Å². The van der Waals surface area contributed by atoms with E-state index in [4.69, 9.17) is 15.2 Å². The minimum absolute atomic E-state index is 0.0402. The number of H-pyrrole nitrogens is 1. The summed E-state index contributed by atoms with van der Waals surface area (Å²) in [6.07, 6.45) is 0. The largest absolute Gasteiger partial charge is 0.493 e. The van der Waals surface area contributed by atoms with E-state index in [-0.39, 0.29) is 34.0 Å². The molecule has 0 bridgehead atoms. The van der Waals surface area contributed by atoms with Crippen LogP contribution in [0, 0.1) is 22.7 Å². The first-order chi connectivity index (χ1) is 13.5. The average molecular weight is 392 g/mol. The number of nitriles is 2. The summed E-state index contributed by atoms with van der Waals surface area (Å²) in [5.41, 5.74) is 5.16. The number of esters is 1. The van der Waals surface area contributed by atoms with Crippen LogP contribution < -0.4 is 20.8 Å². The Morgan fingerprint density at radius 2 is 1.93 bits per heavy atom. The molecule has 0 aliphatic rings. The third-order valence-electron chi connectivity index (χ3n) is 3.85. The van der Waals surface area contributed by atoms with Gasteiger partial charge in [0, 0.05) is 5.56 Å². The lowest BCUT2D eigenvalue weighted by Gasteiger charge is -2.13. The molecule has 3 aromatic rings. The number of nitrogen functional groups attached to an aromatic ring is 1. The van der Waals surface area contributed by atoms with Gasteiger partial charge in [0.15, 0.2) is 11.5 Å². The van der Waals surface area contributed by atoms with Gasteiger partial charge in [-0.3, -0.25) is 4.79 Å². The summed E-state index contributed by atoms with van der Waals surface area (Å²) < 4.78 is 10.6. The van der Waals surface area contributed by atoms with Gasteiger partial charge in [0.2, 0.25) is 0 Å². The third kappa shape index (κ3) is 3.30. The van der Waals surface area contributed by atoms with Crippen LogP contribution in [0.3, 0.4) is 0 Å². The van der Waals surface area contributed by atoms with Crippen LogP contribution in [-0.2, 0) is 0 Å². The fraction of sp³-hybridized carbons (Fsp3) is 0.0526. The maximum absolute atomic E-state index is 12.2. The molecule has 0 aliphatic carbocycles. The third-order valence-corrected chi connectivity index (χ3v) is 4.70. The summed E-state index contributed by atoms with van der Waals surface area (Å²) in [7, 11) is 1.38.